The van der Waals surface area contributed by atoms with Crippen molar-refractivity contribution >= 4 is 22.0 Å². The number of alkyl halides is 6. The number of hydrogen-bond acceptors (Lipinski definition) is 4. The van der Waals surface area contributed by atoms with E-state index in [2.05, 4.69) is 4.74 Å². The highest BCUT2D eigenvalue weighted by Gasteiger charge is 2.66. The third-order valence-corrected chi connectivity index (χ3v) is 9.12. The molecule has 0 saturated carbocycles. The third kappa shape index (κ3) is 7.43. The SMILES string of the molecule is O=C(OC(C(F)(F)F)C(F)(F)F)N1CCC2(CCCN2Cc2cc(N3CCCCC3)cc(S(F)(F)(F)(F)F)c2)CC1. The van der Waals surface area contributed by atoms with E-state index >= 15 is 0 Å². The second-order valence-electron chi connectivity index (χ2n) is 10.9. The Labute approximate surface area is 229 Å². The van der Waals surface area contributed by atoms with Crippen LogP contribution >= 0.6 is 10.2 Å². The van der Waals surface area contributed by atoms with E-state index in [9.17, 15) is 50.6 Å². The van der Waals surface area contributed by atoms with Crippen LogP contribution in [0, 0.1) is 0 Å². The van der Waals surface area contributed by atoms with Crippen molar-refractivity contribution in [1.82, 2.24) is 9.80 Å². The Morgan fingerprint density at radius 2 is 1.39 bits per heavy atom. The number of benzene rings is 1. The van der Waals surface area contributed by atoms with Crippen LogP contribution in [0.1, 0.15) is 50.5 Å². The van der Waals surface area contributed by atoms with Crippen molar-refractivity contribution in [3.8, 4) is 0 Å². The summed E-state index contributed by atoms with van der Waals surface area (Å²) in [6.07, 6.45) is -14.2. The van der Waals surface area contributed by atoms with Crippen LogP contribution < -0.4 is 4.90 Å². The Morgan fingerprint density at radius 1 is 0.805 bits per heavy atom. The highest BCUT2D eigenvalue weighted by Crippen LogP contribution is 3.02. The summed E-state index contributed by atoms with van der Waals surface area (Å²) >= 11 is 0. The zero-order valence-corrected chi connectivity index (χ0v) is 22.5. The van der Waals surface area contributed by atoms with Gasteiger partial charge in [0.15, 0.2) is 0 Å². The average molecular weight is 634 g/mol. The van der Waals surface area contributed by atoms with E-state index in [-0.39, 0.29) is 43.7 Å². The molecule has 0 bridgehead atoms. The number of anilines is 1. The highest BCUT2D eigenvalue weighted by molar-refractivity contribution is 8.45. The van der Waals surface area contributed by atoms with Gasteiger partial charge in [-0.3, -0.25) is 4.90 Å². The Kier molecular flexibility index (Phi) is 7.70. The minimum absolute atomic E-state index is 0.0117. The molecule has 3 aliphatic rings. The van der Waals surface area contributed by atoms with Crippen molar-refractivity contribution in [2.75, 3.05) is 37.6 Å². The topological polar surface area (TPSA) is 36.0 Å². The van der Waals surface area contributed by atoms with E-state index in [4.69, 9.17) is 0 Å². The molecule has 3 saturated heterocycles. The molecular weight excluding hydrogens is 603 g/mol. The minimum Gasteiger partial charge on any atom is -0.426 e. The fourth-order valence-electron chi connectivity index (χ4n) is 5.92. The number of piperidine rings is 2. The van der Waals surface area contributed by atoms with Gasteiger partial charge >= 0.3 is 28.7 Å². The van der Waals surface area contributed by atoms with Crippen LogP contribution in [0.2, 0.25) is 0 Å². The largest absolute Gasteiger partial charge is 0.434 e. The summed E-state index contributed by atoms with van der Waals surface area (Å²) in [5.74, 6) is 0. The maximum atomic E-state index is 13.9. The van der Waals surface area contributed by atoms with Crippen LogP contribution in [0.25, 0.3) is 0 Å². The number of amides is 1. The summed E-state index contributed by atoms with van der Waals surface area (Å²) < 4.78 is 150. The molecule has 1 amide bonds. The van der Waals surface area contributed by atoms with Gasteiger partial charge in [-0.05, 0) is 75.3 Å². The number of hydrogen-bond donors (Lipinski definition) is 0. The quantitative estimate of drug-likeness (QED) is 0.305. The van der Waals surface area contributed by atoms with E-state index in [0.29, 0.717) is 57.5 Å². The second-order valence-corrected chi connectivity index (χ2v) is 13.3. The van der Waals surface area contributed by atoms with Gasteiger partial charge in [-0.2, -0.15) is 26.3 Å². The number of ether oxygens (including phenoxy) is 1. The minimum atomic E-state index is -10.0. The lowest BCUT2D eigenvalue weighted by Gasteiger charge is -2.45. The monoisotopic (exact) mass is 633 g/mol. The van der Waals surface area contributed by atoms with Gasteiger partial charge < -0.3 is 14.5 Å². The molecule has 0 radical (unpaired) electrons. The first-order chi connectivity index (χ1) is 18.6. The number of likely N-dealkylation sites (tertiary alicyclic amines) is 2. The van der Waals surface area contributed by atoms with Crippen LogP contribution in [0.4, 0.5) is 56.3 Å². The second kappa shape index (κ2) is 9.95. The highest BCUT2D eigenvalue weighted by atomic mass is 32.5. The number of carbonyl (C=O) groups excluding carboxylic acids is 1. The molecule has 41 heavy (non-hydrogen) atoms. The van der Waals surface area contributed by atoms with E-state index in [1.807, 2.05) is 0 Å². The standard InChI is InChI=1S/C24H30F11N3O2S/c25-23(26,27)20(24(28,29)30)40-21(39)37-11-6-22(7-12-37)5-4-10-38(22)16-17-13-18(36-8-2-1-3-9-36)15-19(14-17)41(31,32,33,34)35/h13-15,20H,1-12,16H2. The molecule has 1 aromatic carbocycles. The number of rotatable bonds is 5. The number of nitrogens with zero attached hydrogens (tertiary/aromatic N) is 3. The first kappa shape index (κ1) is 31.8. The van der Waals surface area contributed by atoms with Crippen molar-refractivity contribution in [2.45, 2.75) is 80.4 Å². The molecule has 1 spiro atoms. The smallest absolute Gasteiger partial charge is 0.426 e. The van der Waals surface area contributed by atoms with E-state index < -0.39 is 45.2 Å². The molecule has 0 aromatic heterocycles. The fraction of sp³-hybridized carbons (Fsp3) is 0.708. The summed E-state index contributed by atoms with van der Waals surface area (Å²) in [6, 6.07) is 2.38. The molecule has 1 aromatic rings. The number of carbonyl (C=O) groups is 1. The normalized spacial score (nSPS) is 22.6. The average Bonchev–Trinajstić information content (AvgIpc) is 3.21. The van der Waals surface area contributed by atoms with Crippen molar-refractivity contribution in [1.29, 1.82) is 0 Å². The molecule has 3 fully saturated rings. The molecule has 17 heteroatoms. The van der Waals surface area contributed by atoms with Crippen molar-refractivity contribution in [3.05, 3.63) is 23.8 Å². The molecular formula is C24H30F11N3O2S. The lowest BCUT2D eigenvalue weighted by Crippen LogP contribution is -2.54. The van der Waals surface area contributed by atoms with Crippen LogP contribution in [0.3, 0.4) is 0 Å². The Bertz CT molecular complexity index is 1110. The first-order valence-corrected chi connectivity index (χ1v) is 15.0. The number of halogens is 11. The third-order valence-electron chi connectivity index (χ3n) is 8.00. The van der Waals surface area contributed by atoms with Crippen LogP contribution in [0.5, 0.6) is 0 Å². The van der Waals surface area contributed by atoms with Crippen molar-refractivity contribution < 1.29 is 55.3 Å². The molecule has 0 N–H and O–H groups in total. The molecule has 3 aliphatic heterocycles. The van der Waals surface area contributed by atoms with Gasteiger partial charge in [-0.1, -0.05) is 19.4 Å². The van der Waals surface area contributed by atoms with Gasteiger partial charge in [0.05, 0.1) is 0 Å². The lowest BCUT2D eigenvalue weighted by atomic mass is 9.85. The molecule has 4 rings (SSSR count). The summed E-state index contributed by atoms with van der Waals surface area (Å²) in [4.78, 5) is 14.3. The molecule has 5 nitrogen and oxygen atoms in total. The predicted molar refractivity (Wildman–Crippen MR) is 129 cm³/mol. The van der Waals surface area contributed by atoms with Gasteiger partial charge in [0, 0.05) is 44.0 Å². The molecule has 3 heterocycles. The predicted octanol–water partition coefficient (Wildman–Crippen LogP) is 8.39. The van der Waals surface area contributed by atoms with Gasteiger partial charge in [-0.15, -0.1) is 0 Å². The van der Waals surface area contributed by atoms with Gasteiger partial charge in [0.25, 0.3) is 6.10 Å². The lowest BCUT2D eigenvalue weighted by molar-refractivity contribution is -0.308. The van der Waals surface area contributed by atoms with E-state index in [1.54, 1.807) is 9.80 Å². The Balaban J connectivity index is 1.51. The van der Waals surface area contributed by atoms with Crippen molar-refractivity contribution in [2.24, 2.45) is 0 Å². The van der Waals surface area contributed by atoms with E-state index in [0.717, 1.165) is 11.3 Å². The maximum Gasteiger partial charge on any atom is 0.434 e. The van der Waals surface area contributed by atoms with E-state index in [1.165, 1.54) is 6.07 Å². The van der Waals surface area contributed by atoms with Gasteiger partial charge in [-0.25, -0.2) is 4.79 Å². The maximum absolute atomic E-state index is 13.9. The molecule has 0 atom stereocenters. The summed E-state index contributed by atoms with van der Waals surface area (Å²) in [5, 5.41) is 0. The fourth-order valence-corrected chi connectivity index (χ4v) is 6.64. The summed E-state index contributed by atoms with van der Waals surface area (Å²) in [7, 11) is -10.0. The zero-order chi connectivity index (χ0) is 30.5. The Morgan fingerprint density at radius 3 is 1.93 bits per heavy atom. The van der Waals surface area contributed by atoms with Gasteiger partial charge in [0.1, 0.15) is 4.90 Å². The molecule has 0 aliphatic carbocycles. The van der Waals surface area contributed by atoms with Crippen LogP contribution in [0.15, 0.2) is 23.1 Å². The molecule has 236 valence electrons. The molecule has 0 unspecified atom stereocenters. The van der Waals surface area contributed by atoms with Gasteiger partial charge in [0.2, 0.25) is 0 Å². The van der Waals surface area contributed by atoms with Crippen LogP contribution in [-0.2, 0) is 11.3 Å². The van der Waals surface area contributed by atoms with Crippen LogP contribution in [-0.4, -0.2) is 72.6 Å². The zero-order valence-electron chi connectivity index (χ0n) is 21.7. The Hall–Kier alpha value is -2.17. The van der Waals surface area contributed by atoms with Crippen molar-refractivity contribution in [3.63, 3.8) is 0 Å². The first-order valence-electron chi connectivity index (χ1n) is 13.0. The summed E-state index contributed by atoms with van der Waals surface area (Å²) in [6.45, 7) is 0.606. The summed E-state index contributed by atoms with van der Waals surface area (Å²) in [5.41, 5.74) is -0.668.